The van der Waals surface area contributed by atoms with E-state index in [2.05, 4.69) is 4.98 Å². The van der Waals surface area contributed by atoms with Crippen molar-refractivity contribution in [3.05, 3.63) is 59.8 Å². The number of methoxy groups -OCH3 is 1. The SMILES string of the molecule is COc1ccc(/C=C/C(=O)CCCc2c[nH]c3ccc(O)cc23)cc1O. The zero-order valence-electron chi connectivity index (χ0n) is 14.5. The fourth-order valence-corrected chi connectivity index (χ4v) is 2.91. The summed E-state index contributed by atoms with van der Waals surface area (Å²) < 4.78 is 4.99. The number of aromatic nitrogens is 1. The van der Waals surface area contributed by atoms with Crippen molar-refractivity contribution in [3.8, 4) is 17.2 Å². The first kappa shape index (κ1) is 17.6. The molecular formula is C21H21NO4. The van der Waals surface area contributed by atoms with E-state index >= 15 is 0 Å². The van der Waals surface area contributed by atoms with Gasteiger partial charge in [-0.1, -0.05) is 12.1 Å². The van der Waals surface area contributed by atoms with Gasteiger partial charge in [0.15, 0.2) is 17.3 Å². The molecule has 3 aromatic rings. The molecule has 0 aliphatic carbocycles. The molecule has 2 aromatic carbocycles. The molecule has 3 N–H and O–H groups in total. The fraction of sp³-hybridized carbons (Fsp3) is 0.190. The third-order valence-corrected chi connectivity index (χ3v) is 4.28. The van der Waals surface area contributed by atoms with Crippen LogP contribution in [0.25, 0.3) is 17.0 Å². The number of hydrogen-bond donors (Lipinski definition) is 3. The Balaban J connectivity index is 1.55. The van der Waals surface area contributed by atoms with E-state index in [0.29, 0.717) is 12.2 Å². The van der Waals surface area contributed by atoms with Crippen molar-refractivity contribution in [3.63, 3.8) is 0 Å². The first-order valence-electron chi connectivity index (χ1n) is 8.43. The molecule has 134 valence electrons. The zero-order chi connectivity index (χ0) is 18.5. The van der Waals surface area contributed by atoms with Crippen LogP contribution in [0.3, 0.4) is 0 Å². The van der Waals surface area contributed by atoms with Crippen molar-refractivity contribution in [2.75, 3.05) is 7.11 Å². The Morgan fingerprint density at radius 2 is 2.04 bits per heavy atom. The molecule has 1 heterocycles. The van der Waals surface area contributed by atoms with E-state index in [1.807, 2.05) is 12.3 Å². The van der Waals surface area contributed by atoms with Crippen molar-refractivity contribution in [2.24, 2.45) is 0 Å². The van der Waals surface area contributed by atoms with Gasteiger partial charge in [0, 0.05) is 23.5 Å². The number of aryl methyl sites for hydroxylation is 1. The van der Waals surface area contributed by atoms with Crippen molar-refractivity contribution < 1.29 is 19.7 Å². The molecule has 26 heavy (non-hydrogen) atoms. The summed E-state index contributed by atoms with van der Waals surface area (Å²) in [5, 5.41) is 20.3. The molecule has 0 unspecified atom stereocenters. The molecule has 0 spiro atoms. The van der Waals surface area contributed by atoms with E-state index in [0.717, 1.165) is 34.9 Å². The van der Waals surface area contributed by atoms with Gasteiger partial charge in [-0.05, 0) is 60.4 Å². The van der Waals surface area contributed by atoms with Gasteiger partial charge in [-0.3, -0.25) is 4.79 Å². The molecule has 0 atom stereocenters. The van der Waals surface area contributed by atoms with Gasteiger partial charge < -0.3 is 19.9 Å². The molecular weight excluding hydrogens is 330 g/mol. The standard InChI is InChI=1S/C21H21NO4/c1-26-21-10-6-14(11-20(21)25)5-7-16(23)4-2-3-15-13-22-19-9-8-17(24)12-18(15)19/h5-13,22,24-25H,2-4H2,1H3/b7-5+. The second kappa shape index (κ2) is 7.78. The average molecular weight is 351 g/mol. The molecule has 0 fully saturated rings. The van der Waals surface area contributed by atoms with Crippen LogP contribution in [-0.2, 0) is 11.2 Å². The zero-order valence-corrected chi connectivity index (χ0v) is 14.5. The molecule has 0 saturated heterocycles. The predicted octanol–water partition coefficient (Wildman–Crippen LogP) is 4.19. The summed E-state index contributed by atoms with van der Waals surface area (Å²) in [7, 11) is 1.49. The van der Waals surface area contributed by atoms with Gasteiger partial charge in [0.1, 0.15) is 5.75 Å². The number of hydrogen-bond acceptors (Lipinski definition) is 4. The van der Waals surface area contributed by atoms with Crippen LogP contribution in [-0.4, -0.2) is 28.1 Å². The van der Waals surface area contributed by atoms with Gasteiger partial charge in [0.2, 0.25) is 0 Å². The highest BCUT2D eigenvalue weighted by Crippen LogP contribution is 2.27. The first-order valence-corrected chi connectivity index (χ1v) is 8.43. The Kier molecular flexibility index (Phi) is 5.27. The van der Waals surface area contributed by atoms with Crippen molar-refractivity contribution in [1.29, 1.82) is 0 Å². The maximum Gasteiger partial charge on any atom is 0.160 e. The lowest BCUT2D eigenvalue weighted by Gasteiger charge is -2.03. The second-order valence-electron chi connectivity index (χ2n) is 6.13. The van der Waals surface area contributed by atoms with Crippen LogP contribution in [0.4, 0.5) is 0 Å². The molecule has 1 aromatic heterocycles. The van der Waals surface area contributed by atoms with Gasteiger partial charge in [-0.25, -0.2) is 0 Å². The first-order chi connectivity index (χ1) is 12.6. The number of ketones is 1. The number of fused-ring (bicyclic) bond motifs is 1. The Bertz CT molecular complexity index is 956. The number of nitrogens with one attached hydrogen (secondary N) is 1. The Morgan fingerprint density at radius 1 is 1.19 bits per heavy atom. The average Bonchev–Trinajstić information content (AvgIpc) is 3.02. The molecule has 0 aliphatic heterocycles. The maximum absolute atomic E-state index is 12.0. The van der Waals surface area contributed by atoms with Gasteiger partial charge in [0.25, 0.3) is 0 Å². The number of phenols is 2. The van der Waals surface area contributed by atoms with Crippen LogP contribution in [0.5, 0.6) is 17.2 Å². The lowest BCUT2D eigenvalue weighted by Crippen LogP contribution is -1.94. The highest BCUT2D eigenvalue weighted by atomic mass is 16.5. The summed E-state index contributed by atoms with van der Waals surface area (Å²) in [5.41, 5.74) is 2.81. The molecule has 0 bridgehead atoms. The third-order valence-electron chi connectivity index (χ3n) is 4.28. The smallest absolute Gasteiger partial charge is 0.160 e. The highest BCUT2D eigenvalue weighted by Gasteiger charge is 2.06. The number of carbonyl (C=O) groups is 1. The number of benzene rings is 2. The maximum atomic E-state index is 12.0. The lowest BCUT2D eigenvalue weighted by atomic mass is 10.0. The summed E-state index contributed by atoms with van der Waals surface area (Å²) in [6.07, 6.45) is 7.05. The number of aromatic amines is 1. The Labute approximate surface area is 151 Å². The number of phenolic OH excluding ortho intramolecular Hbond substituents is 2. The summed E-state index contributed by atoms with van der Waals surface area (Å²) >= 11 is 0. The number of allylic oxidation sites excluding steroid dienone is 1. The van der Waals surface area contributed by atoms with E-state index in [9.17, 15) is 15.0 Å². The highest BCUT2D eigenvalue weighted by molar-refractivity contribution is 5.93. The third kappa shape index (κ3) is 4.06. The molecule has 0 radical (unpaired) electrons. The number of H-pyrrole nitrogens is 1. The monoisotopic (exact) mass is 351 g/mol. The molecule has 5 heteroatoms. The largest absolute Gasteiger partial charge is 0.508 e. The summed E-state index contributed by atoms with van der Waals surface area (Å²) in [6, 6.07) is 10.2. The van der Waals surface area contributed by atoms with Crippen LogP contribution in [0.2, 0.25) is 0 Å². The minimum absolute atomic E-state index is 0.0306. The van der Waals surface area contributed by atoms with Crippen LogP contribution in [0, 0.1) is 0 Å². The normalized spacial score (nSPS) is 11.3. The van der Waals surface area contributed by atoms with Crippen LogP contribution >= 0.6 is 0 Å². The minimum Gasteiger partial charge on any atom is -0.508 e. The van der Waals surface area contributed by atoms with E-state index < -0.39 is 0 Å². The predicted molar refractivity (Wildman–Crippen MR) is 102 cm³/mol. The number of aromatic hydroxyl groups is 2. The molecule has 0 amide bonds. The molecule has 0 aliphatic rings. The minimum atomic E-state index is 0.0306. The van der Waals surface area contributed by atoms with Crippen molar-refractivity contribution in [2.45, 2.75) is 19.3 Å². The van der Waals surface area contributed by atoms with Crippen molar-refractivity contribution >= 4 is 22.8 Å². The molecule has 5 nitrogen and oxygen atoms in total. The molecule has 3 rings (SSSR count). The van der Waals surface area contributed by atoms with Gasteiger partial charge in [0.05, 0.1) is 7.11 Å². The molecule has 0 saturated carbocycles. The van der Waals surface area contributed by atoms with Gasteiger partial charge in [-0.15, -0.1) is 0 Å². The van der Waals surface area contributed by atoms with Crippen LogP contribution < -0.4 is 4.74 Å². The Hall–Kier alpha value is -3.21. The van der Waals surface area contributed by atoms with E-state index in [4.69, 9.17) is 4.74 Å². The van der Waals surface area contributed by atoms with E-state index in [1.54, 1.807) is 36.4 Å². The van der Waals surface area contributed by atoms with Crippen LogP contribution in [0.15, 0.2) is 48.7 Å². The summed E-state index contributed by atoms with van der Waals surface area (Å²) in [6.45, 7) is 0. The quantitative estimate of drug-likeness (QED) is 0.557. The topological polar surface area (TPSA) is 82.6 Å². The van der Waals surface area contributed by atoms with E-state index in [-0.39, 0.29) is 17.3 Å². The fourth-order valence-electron chi connectivity index (χ4n) is 2.91. The second-order valence-corrected chi connectivity index (χ2v) is 6.13. The van der Waals surface area contributed by atoms with Crippen molar-refractivity contribution in [1.82, 2.24) is 4.98 Å². The summed E-state index contributed by atoms with van der Waals surface area (Å²) in [4.78, 5) is 15.2. The number of rotatable bonds is 7. The summed E-state index contributed by atoms with van der Waals surface area (Å²) in [5.74, 6) is 0.714. The number of carbonyl (C=O) groups excluding carboxylic acids is 1. The number of ether oxygens (including phenoxy) is 1. The Morgan fingerprint density at radius 3 is 2.81 bits per heavy atom. The lowest BCUT2D eigenvalue weighted by molar-refractivity contribution is -0.114. The van der Waals surface area contributed by atoms with Gasteiger partial charge in [-0.2, -0.15) is 0 Å². The van der Waals surface area contributed by atoms with Gasteiger partial charge >= 0.3 is 0 Å². The van der Waals surface area contributed by atoms with E-state index in [1.165, 1.54) is 13.2 Å². The van der Waals surface area contributed by atoms with Crippen LogP contribution in [0.1, 0.15) is 24.0 Å².